The Balaban J connectivity index is 2.26. The molecule has 114 valence electrons. The fraction of sp³-hybridized carbons (Fsp3) is 0.444. The lowest BCUT2D eigenvalue weighted by atomic mass is 9.88. The largest absolute Gasteiger partial charge is 0.469 e. The van der Waals surface area contributed by atoms with E-state index in [2.05, 4.69) is 38.1 Å². The highest BCUT2D eigenvalue weighted by atomic mass is 16.3. The molecule has 0 aliphatic carbocycles. The predicted molar refractivity (Wildman–Crippen MR) is 85.4 cm³/mol. The molecule has 2 rings (SSSR count). The standard InChI is InChI=1S/C18H25NO2/c1-4-17-15(9-10-21-17)18(20)16(11-19)14-7-5-13(6-8-14)12(2)3/h5-10,12,16,18,20H,4,11,19H2,1-3H3. The molecule has 0 bridgehead atoms. The molecule has 1 heterocycles. The van der Waals surface area contributed by atoms with Crippen molar-refractivity contribution in [1.82, 2.24) is 0 Å². The van der Waals surface area contributed by atoms with E-state index < -0.39 is 6.10 Å². The van der Waals surface area contributed by atoms with E-state index in [1.165, 1.54) is 5.56 Å². The van der Waals surface area contributed by atoms with E-state index in [-0.39, 0.29) is 5.92 Å². The molecule has 21 heavy (non-hydrogen) atoms. The molecule has 0 aliphatic rings. The second kappa shape index (κ2) is 6.92. The molecule has 2 aromatic rings. The van der Waals surface area contributed by atoms with Crippen LogP contribution in [-0.2, 0) is 6.42 Å². The van der Waals surface area contributed by atoms with Crippen LogP contribution in [0.5, 0.6) is 0 Å². The molecule has 0 saturated carbocycles. The van der Waals surface area contributed by atoms with Crippen LogP contribution in [0.15, 0.2) is 41.0 Å². The molecule has 3 nitrogen and oxygen atoms in total. The van der Waals surface area contributed by atoms with Crippen molar-refractivity contribution in [1.29, 1.82) is 0 Å². The Morgan fingerprint density at radius 1 is 1.10 bits per heavy atom. The van der Waals surface area contributed by atoms with Gasteiger partial charge in [0.2, 0.25) is 0 Å². The minimum absolute atomic E-state index is 0.117. The number of hydrogen-bond acceptors (Lipinski definition) is 3. The van der Waals surface area contributed by atoms with Crippen molar-refractivity contribution >= 4 is 0 Å². The van der Waals surface area contributed by atoms with E-state index in [0.717, 1.165) is 23.3 Å². The molecule has 1 aromatic heterocycles. The Hall–Kier alpha value is -1.58. The lowest BCUT2D eigenvalue weighted by Gasteiger charge is -2.22. The van der Waals surface area contributed by atoms with Gasteiger partial charge in [0.25, 0.3) is 0 Å². The van der Waals surface area contributed by atoms with Crippen LogP contribution < -0.4 is 5.73 Å². The van der Waals surface area contributed by atoms with E-state index in [9.17, 15) is 5.11 Å². The number of nitrogens with two attached hydrogens (primary N) is 1. The van der Waals surface area contributed by atoms with E-state index in [4.69, 9.17) is 10.2 Å². The van der Waals surface area contributed by atoms with Crippen molar-refractivity contribution in [3.8, 4) is 0 Å². The molecule has 2 atom stereocenters. The van der Waals surface area contributed by atoms with Crippen LogP contribution in [0.1, 0.15) is 61.2 Å². The number of hydrogen-bond donors (Lipinski definition) is 2. The van der Waals surface area contributed by atoms with Crippen LogP contribution in [0, 0.1) is 0 Å². The van der Waals surface area contributed by atoms with Crippen molar-refractivity contribution in [2.24, 2.45) is 5.73 Å². The third-order valence-electron chi connectivity index (χ3n) is 4.09. The molecule has 0 fully saturated rings. The maximum Gasteiger partial charge on any atom is 0.109 e. The molecule has 0 radical (unpaired) electrons. The molecular weight excluding hydrogens is 262 g/mol. The summed E-state index contributed by atoms with van der Waals surface area (Å²) in [5.41, 5.74) is 9.12. The van der Waals surface area contributed by atoms with Gasteiger partial charge in [0.1, 0.15) is 5.76 Å². The highest BCUT2D eigenvalue weighted by Crippen LogP contribution is 2.33. The van der Waals surface area contributed by atoms with Crippen LogP contribution in [0.25, 0.3) is 0 Å². The smallest absolute Gasteiger partial charge is 0.109 e. The molecular formula is C18H25NO2. The molecule has 2 unspecified atom stereocenters. The minimum atomic E-state index is -0.631. The van der Waals surface area contributed by atoms with Crippen LogP contribution in [0.4, 0.5) is 0 Å². The zero-order valence-electron chi connectivity index (χ0n) is 13.0. The van der Waals surface area contributed by atoms with E-state index in [1.807, 2.05) is 13.0 Å². The summed E-state index contributed by atoms with van der Waals surface area (Å²) >= 11 is 0. The van der Waals surface area contributed by atoms with Gasteiger partial charge in [0.05, 0.1) is 12.4 Å². The van der Waals surface area contributed by atoms with Gasteiger partial charge in [0.15, 0.2) is 0 Å². The fourth-order valence-electron chi connectivity index (χ4n) is 2.69. The third-order valence-corrected chi connectivity index (χ3v) is 4.09. The average molecular weight is 287 g/mol. The summed E-state index contributed by atoms with van der Waals surface area (Å²) < 4.78 is 5.42. The number of benzene rings is 1. The Labute approximate surface area is 126 Å². The summed E-state index contributed by atoms with van der Waals surface area (Å²) in [6, 6.07) is 10.2. The van der Waals surface area contributed by atoms with Crippen molar-refractivity contribution in [2.75, 3.05) is 6.54 Å². The van der Waals surface area contributed by atoms with Gasteiger partial charge in [-0.05, 0) is 23.1 Å². The Bertz CT molecular complexity index is 557. The SMILES string of the molecule is CCc1occc1C(O)C(CN)c1ccc(C(C)C)cc1. The zero-order valence-corrected chi connectivity index (χ0v) is 13.0. The highest BCUT2D eigenvalue weighted by Gasteiger charge is 2.24. The third kappa shape index (κ3) is 3.36. The van der Waals surface area contributed by atoms with Gasteiger partial charge in [-0.25, -0.2) is 0 Å². The number of aliphatic hydroxyl groups is 1. The first kappa shape index (κ1) is 15.8. The van der Waals surface area contributed by atoms with Crippen molar-refractivity contribution in [3.63, 3.8) is 0 Å². The van der Waals surface area contributed by atoms with Crippen LogP contribution in [-0.4, -0.2) is 11.7 Å². The van der Waals surface area contributed by atoms with Gasteiger partial charge >= 0.3 is 0 Å². The molecule has 0 saturated heterocycles. The summed E-state index contributed by atoms with van der Waals surface area (Å²) in [5, 5.41) is 10.7. The summed E-state index contributed by atoms with van der Waals surface area (Å²) in [7, 11) is 0. The topological polar surface area (TPSA) is 59.4 Å². The number of aliphatic hydroxyl groups excluding tert-OH is 1. The van der Waals surface area contributed by atoms with Crippen LogP contribution in [0.2, 0.25) is 0 Å². The molecule has 3 N–H and O–H groups in total. The zero-order chi connectivity index (χ0) is 15.4. The number of rotatable bonds is 6. The van der Waals surface area contributed by atoms with Gasteiger partial charge in [0, 0.05) is 24.4 Å². The maximum absolute atomic E-state index is 10.7. The first-order valence-electron chi connectivity index (χ1n) is 7.62. The molecule has 0 amide bonds. The number of aryl methyl sites for hydroxylation is 1. The molecule has 1 aromatic carbocycles. The summed E-state index contributed by atoms with van der Waals surface area (Å²) in [6.07, 6.45) is 1.77. The van der Waals surface area contributed by atoms with Gasteiger partial charge in [-0.15, -0.1) is 0 Å². The Morgan fingerprint density at radius 3 is 2.24 bits per heavy atom. The normalized spacial score (nSPS) is 14.4. The fourth-order valence-corrected chi connectivity index (χ4v) is 2.69. The van der Waals surface area contributed by atoms with Gasteiger partial charge < -0.3 is 15.3 Å². The Kier molecular flexibility index (Phi) is 5.21. The molecule has 0 spiro atoms. The second-order valence-corrected chi connectivity index (χ2v) is 5.76. The van der Waals surface area contributed by atoms with Crippen LogP contribution in [0.3, 0.4) is 0 Å². The predicted octanol–water partition coefficient (Wildman–Crippen LogP) is 3.74. The Morgan fingerprint density at radius 2 is 1.71 bits per heavy atom. The molecule has 0 aliphatic heterocycles. The van der Waals surface area contributed by atoms with Gasteiger partial charge in [-0.3, -0.25) is 0 Å². The first-order chi connectivity index (χ1) is 10.1. The monoisotopic (exact) mass is 287 g/mol. The summed E-state index contributed by atoms with van der Waals surface area (Å²) in [4.78, 5) is 0. The second-order valence-electron chi connectivity index (χ2n) is 5.76. The highest BCUT2D eigenvalue weighted by molar-refractivity contribution is 5.31. The van der Waals surface area contributed by atoms with Crippen molar-refractivity contribution in [2.45, 2.75) is 45.1 Å². The summed E-state index contributed by atoms with van der Waals surface area (Å²) in [5.74, 6) is 1.22. The minimum Gasteiger partial charge on any atom is -0.469 e. The number of furan rings is 1. The summed E-state index contributed by atoms with van der Waals surface area (Å²) in [6.45, 7) is 6.76. The van der Waals surface area contributed by atoms with E-state index in [0.29, 0.717) is 12.5 Å². The van der Waals surface area contributed by atoms with E-state index in [1.54, 1.807) is 6.26 Å². The first-order valence-corrected chi connectivity index (χ1v) is 7.62. The quantitative estimate of drug-likeness (QED) is 0.851. The average Bonchev–Trinajstić information content (AvgIpc) is 2.96. The van der Waals surface area contributed by atoms with Crippen molar-refractivity contribution < 1.29 is 9.52 Å². The lowest BCUT2D eigenvalue weighted by Crippen LogP contribution is -2.20. The molecule has 3 heteroatoms. The van der Waals surface area contributed by atoms with Crippen LogP contribution >= 0.6 is 0 Å². The van der Waals surface area contributed by atoms with Crippen molar-refractivity contribution in [3.05, 3.63) is 59.0 Å². The van der Waals surface area contributed by atoms with Gasteiger partial charge in [-0.1, -0.05) is 45.0 Å². The van der Waals surface area contributed by atoms with Gasteiger partial charge in [-0.2, -0.15) is 0 Å². The lowest BCUT2D eigenvalue weighted by molar-refractivity contribution is 0.145. The maximum atomic E-state index is 10.7. The van der Waals surface area contributed by atoms with E-state index >= 15 is 0 Å².